The zero-order chi connectivity index (χ0) is 14.3. The molecule has 0 atom stereocenters. The van der Waals surface area contributed by atoms with Crippen molar-refractivity contribution in [3.05, 3.63) is 0 Å². The Hall–Kier alpha value is -1.14. The summed E-state index contributed by atoms with van der Waals surface area (Å²) in [6.45, 7) is 6.24. The van der Waals surface area contributed by atoms with Crippen LogP contribution in [0, 0.1) is 0 Å². The van der Waals surface area contributed by atoms with E-state index in [1.807, 2.05) is 13.8 Å². The van der Waals surface area contributed by atoms with Crippen molar-refractivity contribution in [2.75, 3.05) is 26.2 Å². The fourth-order valence-electron chi connectivity index (χ4n) is 2.12. The maximum Gasteiger partial charge on any atom is 0.305 e. The van der Waals surface area contributed by atoms with E-state index in [0.29, 0.717) is 6.54 Å². The van der Waals surface area contributed by atoms with Crippen molar-refractivity contribution in [3.8, 4) is 0 Å². The van der Waals surface area contributed by atoms with Gasteiger partial charge in [-0.15, -0.1) is 0 Å². The minimum absolute atomic E-state index is 0.0526. The van der Waals surface area contributed by atoms with Gasteiger partial charge in [0.2, 0.25) is 5.91 Å². The molecule has 6 nitrogen and oxygen atoms in total. The summed E-state index contributed by atoms with van der Waals surface area (Å²) in [6, 6.07) is 0.171. The number of ether oxygens (including phenoxy) is 1. The summed E-state index contributed by atoms with van der Waals surface area (Å²) >= 11 is 0. The highest BCUT2D eigenvalue weighted by Crippen LogP contribution is 2.13. The zero-order valence-electron chi connectivity index (χ0n) is 11.7. The van der Waals surface area contributed by atoms with Crippen LogP contribution < -0.4 is 5.32 Å². The maximum atomic E-state index is 11.6. The van der Waals surface area contributed by atoms with Crippen LogP contribution in [0.1, 0.15) is 33.1 Å². The van der Waals surface area contributed by atoms with Gasteiger partial charge in [-0.3, -0.25) is 14.5 Å². The molecule has 0 aromatic carbocycles. The number of nitrogens with zero attached hydrogens (tertiary/aromatic N) is 1. The Morgan fingerprint density at radius 2 is 2.00 bits per heavy atom. The molecule has 110 valence electrons. The number of amides is 1. The molecule has 1 fully saturated rings. The number of hydrogen-bond donors (Lipinski definition) is 2. The Morgan fingerprint density at radius 1 is 1.37 bits per heavy atom. The summed E-state index contributed by atoms with van der Waals surface area (Å²) < 4.78 is 5.50. The molecule has 0 aromatic heterocycles. The van der Waals surface area contributed by atoms with Crippen LogP contribution in [0.25, 0.3) is 0 Å². The van der Waals surface area contributed by atoms with E-state index in [-0.39, 0.29) is 31.1 Å². The molecular weight excluding hydrogens is 248 g/mol. The van der Waals surface area contributed by atoms with Gasteiger partial charge in [0.15, 0.2) is 0 Å². The monoisotopic (exact) mass is 272 g/mol. The molecule has 6 heteroatoms. The summed E-state index contributed by atoms with van der Waals surface area (Å²) in [5.41, 5.74) is 0. The van der Waals surface area contributed by atoms with Crippen LogP contribution >= 0.6 is 0 Å². The van der Waals surface area contributed by atoms with Crippen molar-refractivity contribution in [1.82, 2.24) is 10.2 Å². The molecule has 1 rings (SSSR count). The average Bonchev–Trinajstić information content (AvgIpc) is 2.29. The predicted octanol–water partition coefficient (Wildman–Crippen LogP) is 0.467. The molecule has 1 heterocycles. The maximum absolute atomic E-state index is 11.6. The number of carbonyl (C=O) groups is 2. The number of carboxylic acid groups (broad SMARTS) is 1. The number of carboxylic acids is 1. The van der Waals surface area contributed by atoms with Gasteiger partial charge < -0.3 is 15.2 Å². The molecule has 2 N–H and O–H groups in total. The van der Waals surface area contributed by atoms with E-state index in [0.717, 1.165) is 25.9 Å². The second-order valence-corrected chi connectivity index (χ2v) is 5.21. The van der Waals surface area contributed by atoms with E-state index in [1.165, 1.54) is 0 Å². The average molecular weight is 272 g/mol. The Kier molecular flexibility index (Phi) is 6.80. The van der Waals surface area contributed by atoms with Crippen molar-refractivity contribution in [2.45, 2.75) is 45.3 Å². The van der Waals surface area contributed by atoms with Crippen LogP contribution in [0.15, 0.2) is 0 Å². The van der Waals surface area contributed by atoms with Crippen molar-refractivity contribution in [3.63, 3.8) is 0 Å². The lowest BCUT2D eigenvalue weighted by atomic mass is 10.1. The normalized spacial score (nSPS) is 17.6. The molecule has 1 amide bonds. The van der Waals surface area contributed by atoms with E-state index in [1.54, 1.807) is 0 Å². The third-order valence-corrected chi connectivity index (χ3v) is 3.02. The molecule has 1 saturated heterocycles. The highest BCUT2D eigenvalue weighted by molar-refractivity contribution is 5.78. The van der Waals surface area contributed by atoms with Gasteiger partial charge in [-0.2, -0.15) is 0 Å². The Labute approximate surface area is 114 Å². The smallest absolute Gasteiger partial charge is 0.305 e. The van der Waals surface area contributed by atoms with Crippen LogP contribution in [0.2, 0.25) is 0 Å². The number of aliphatic carboxylic acids is 1. The molecule has 0 radical (unpaired) electrons. The van der Waals surface area contributed by atoms with Crippen molar-refractivity contribution >= 4 is 11.9 Å². The number of piperidine rings is 1. The first kappa shape index (κ1) is 15.9. The van der Waals surface area contributed by atoms with Crippen LogP contribution in [-0.4, -0.2) is 60.3 Å². The lowest BCUT2D eigenvalue weighted by Crippen LogP contribution is -2.44. The lowest BCUT2D eigenvalue weighted by molar-refractivity contribution is -0.139. The van der Waals surface area contributed by atoms with E-state index < -0.39 is 5.97 Å². The van der Waals surface area contributed by atoms with Crippen molar-refractivity contribution in [1.29, 1.82) is 0 Å². The highest BCUT2D eigenvalue weighted by atomic mass is 16.5. The summed E-state index contributed by atoms with van der Waals surface area (Å²) in [7, 11) is 0. The van der Waals surface area contributed by atoms with E-state index in [4.69, 9.17) is 9.84 Å². The molecule has 0 bridgehead atoms. The number of nitrogens with one attached hydrogen (secondary N) is 1. The van der Waals surface area contributed by atoms with E-state index in [9.17, 15) is 9.59 Å². The standard InChI is InChI=1S/C13H24N2O4/c1-10(2)14-12(16)9-15-6-3-11(4-7-15)19-8-5-13(17)18/h10-11H,3-9H2,1-2H3,(H,14,16)(H,17,18). The summed E-state index contributed by atoms with van der Waals surface area (Å²) in [5, 5.41) is 11.4. The molecule has 1 aliphatic heterocycles. The lowest BCUT2D eigenvalue weighted by Gasteiger charge is -2.31. The summed E-state index contributed by atoms with van der Waals surface area (Å²) in [6.07, 6.45) is 1.89. The first-order valence-electron chi connectivity index (χ1n) is 6.82. The van der Waals surface area contributed by atoms with Gasteiger partial charge >= 0.3 is 5.97 Å². The quantitative estimate of drug-likeness (QED) is 0.704. The third kappa shape index (κ3) is 7.12. The fourth-order valence-corrected chi connectivity index (χ4v) is 2.12. The van der Waals surface area contributed by atoms with Gasteiger partial charge in [0, 0.05) is 19.1 Å². The highest BCUT2D eigenvalue weighted by Gasteiger charge is 2.21. The second-order valence-electron chi connectivity index (χ2n) is 5.21. The molecule has 0 aromatic rings. The molecule has 1 aliphatic rings. The first-order chi connectivity index (χ1) is 8.97. The molecule has 19 heavy (non-hydrogen) atoms. The van der Waals surface area contributed by atoms with E-state index in [2.05, 4.69) is 10.2 Å². The van der Waals surface area contributed by atoms with Gasteiger partial charge in [0.1, 0.15) is 0 Å². The summed E-state index contributed by atoms with van der Waals surface area (Å²) in [5.74, 6) is -0.775. The largest absolute Gasteiger partial charge is 0.481 e. The van der Waals surface area contributed by atoms with Crippen LogP contribution in [-0.2, 0) is 14.3 Å². The Morgan fingerprint density at radius 3 is 2.53 bits per heavy atom. The fraction of sp³-hybridized carbons (Fsp3) is 0.846. The van der Waals surface area contributed by atoms with Gasteiger partial charge in [-0.1, -0.05) is 0 Å². The van der Waals surface area contributed by atoms with Crippen LogP contribution in [0.5, 0.6) is 0 Å². The molecule has 0 saturated carbocycles. The first-order valence-corrected chi connectivity index (χ1v) is 6.82. The number of rotatable bonds is 7. The van der Waals surface area contributed by atoms with Gasteiger partial charge in [-0.05, 0) is 26.7 Å². The molecule has 0 aliphatic carbocycles. The van der Waals surface area contributed by atoms with Crippen molar-refractivity contribution in [2.24, 2.45) is 0 Å². The van der Waals surface area contributed by atoms with Gasteiger partial charge in [0.05, 0.1) is 25.7 Å². The SMILES string of the molecule is CC(C)NC(=O)CN1CCC(OCCC(=O)O)CC1. The minimum atomic E-state index is -0.831. The third-order valence-electron chi connectivity index (χ3n) is 3.02. The number of likely N-dealkylation sites (tertiary alicyclic amines) is 1. The van der Waals surface area contributed by atoms with E-state index >= 15 is 0 Å². The number of carbonyl (C=O) groups excluding carboxylic acids is 1. The van der Waals surface area contributed by atoms with Crippen LogP contribution in [0.3, 0.4) is 0 Å². The summed E-state index contributed by atoms with van der Waals surface area (Å²) in [4.78, 5) is 24.1. The Balaban J connectivity index is 2.14. The topological polar surface area (TPSA) is 78.9 Å². The molecule has 0 unspecified atom stereocenters. The Bertz CT molecular complexity index is 299. The minimum Gasteiger partial charge on any atom is -0.481 e. The second kappa shape index (κ2) is 8.12. The number of hydrogen-bond acceptors (Lipinski definition) is 4. The zero-order valence-corrected chi connectivity index (χ0v) is 11.7. The van der Waals surface area contributed by atoms with Gasteiger partial charge in [-0.25, -0.2) is 0 Å². The van der Waals surface area contributed by atoms with Crippen molar-refractivity contribution < 1.29 is 19.4 Å². The molecule has 0 spiro atoms. The van der Waals surface area contributed by atoms with Crippen LogP contribution in [0.4, 0.5) is 0 Å². The molecular formula is C13H24N2O4. The van der Waals surface area contributed by atoms with Gasteiger partial charge in [0.25, 0.3) is 0 Å². The predicted molar refractivity (Wildman–Crippen MR) is 70.9 cm³/mol.